The molecule has 0 aromatic heterocycles. The summed E-state index contributed by atoms with van der Waals surface area (Å²) in [4.78, 5) is 0. The van der Waals surface area contributed by atoms with Crippen LogP contribution in [0.1, 0.15) is 35.4 Å². The number of hydrogen-bond acceptors (Lipinski definition) is 1. The number of alkyl halides is 3. The van der Waals surface area contributed by atoms with Crippen LogP contribution in [0.2, 0.25) is 0 Å². The molecule has 0 radical (unpaired) electrons. The summed E-state index contributed by atoms with van der Waals surface area (Å²) in [6.07, 6.45) is -3.25. The highest BCUT2D eigenvalue weighted by molar-refractivity contribution is 5.49. The van der Waals surface area contributed by atoms with Gasteiger partial charge in [-0.05, 0) is 36.5 Å². The molecule has 0 N–H and O–H groups in total. The number of nitriles is 1. The maximum atomic E-state index is 13.1. The van der Waals surface area contributed by atoms with Crippen molar-refractivity contribution in [2.75, 3.05) is 0 Å². The van der Waals surface area contributed by atoms with Crippen molar-refractivity contribution in [3.63, 3.8) is 0 Å². The van der Waals surface area contributed by atoms with Gasteiger partial charge in [0.05, 0.1) is 11.1 Å². The molecular weight excluding hydrogens is 222 g/mol. The molecule has 1 fully saturated rings. The summed E-state index contributed by atoms with van der Waals surface area (Å²) < 4.78 is 50.7. The van der Waals surface area contributed by atoms with Crippen molar-refractivity contribution < 1.29 is 17.6 Å². The van der Waals surface area contributed by atoms with Crippen LogP contribution in [0.3, 0.4) is 0 Å². The first-order valence-electron chi connectivity index (χ1n) is 4.74. The third kappa shape index (κ3) is 1.87. The Kier molecular flexibility index (Phi) is 2.38. The zero-order valence-corrected chi connectivity index (χ0v) is 8.11. The number of rotatable bonds is 1. The predicted molar refractivity (Wildman–Crippen MR) is 48.1 cm³/mol. The lowest BCUT2D eigenvalue weighted by molar-refractivity contribution is -0.138. The van der Waals surface area contributed by atoms with Gasteiger partial charge in [0, 0.05) is 0 Å². The molecule has 0 saturated heterocycles. The van der Waals surface area contributed by atoms with E-state index in [2.05, 4.69) is 0 Å². The highest BCUT2D eigenvalue weighted by Crippen LogP contribution is 2.44. The fourth-order valence-electron chi connectivity index (χ4n) is 1.69. The Morgan fingerprint density at radius 1 is 1.25 bits per heavy atom. The first-order chi connectivity index (χ1) is 7.43. The highest BCUT2D eigenvalue weighted by atomic mass is 19.4. The first-order valence-corrected chi connectivity index (χ1v) is 4.74. The Hall–Kier alpha value is -1.57. The standard InChI is InChI=1S/C11H7F4N/c12-7-3-8(6-1-2-6)9(5-16)10(4-7)11(13,14)15/h3-4,6H,1-2H2. The molecule has 2 rings (SSSR count). The molecule has 1 aromatic carbocycles. The lowest BCUT2D eigenvalue weighted by atomic mass is 9.98. The average molecular weight is 229 g/mol. The van der Waals surface area contributed by atoms with E-state index < -0.39 is 23.1 Å². The fourth-order valence-corrected chi connectivity index (χ4v) is 1.69. The molecule has 0 atom stereocenters. The smallest absolute Gasteiger partial charge is 0.207 e. The molecule has 0 amide bonds. The van der Waals surface area contributed by atoms with E-state index in [0.717, 1.165) is 18.9 Å². The first kappa shape index (κ1) is 10.9. The maximum Gasteiger partial charge on any atom is 0.417 e. The Balaban J connectivity index is 2.64. The van der Waals surface area contributed by atoms with Crippen LogP contribution >= 0.6 is 0 Å². The molecule has 1 saturated carbocycles. The molecule has 0 spiro atoms. The second-order valence-electron chi connectivity index (χ2n) is 3.80. The molecule has 0 bridgehead atoms. The normalized spacial score (nSPS) is 15.9. The summed E-state index contributed by atoms with van der Waals surface area (Å²) in [5.74, 6) is -1.03. The van der Waals surface area contributed by atoms with E-state index in [-0.39, 0.29) is 11.5 Å². The summed E-state index contributed by atoms with van der Waals surface area (Å²) >= 11 is 0. The van der Waals surface area contributed by atoms with E-state index in [1.54, 1.807) is 0 Å². The van der Waals surface area contributed by atoms with Crippen LogP contribution in [0.4, 0.5) is 17.6 Å². The van der Waals surface area contributed by atoms with Gasteiger partial charge in [0.15, 0.2) is 0 Å². The van der Waals surface area contributed by atoms with Gasteiger partial charge in [0.2, 0.25) is 0 Å². The third-order valence-electron chi connectivity index (χ3n) is 2.57. The monoisotopic (exact) mass is 229 g/mol. The van der Waals surface area contributed by atoms with Crippen molar-refractivity contribution >= 4 is 0 Å². The summed E-state index contributed by atoms with van der Waals surface area (Å²) in [7, 11) is 0. The minimum absolute atomic E-state index is 0.0913. The van der Waals surface area contributed by atoms with Crippen molar-refractivity contribution in [2.24, 2.45) is 0 Å². The lowest BCUT2D eigenvalue weighted by Crippen LogP contribution is -2.10. The lowest BCUT2D eigenvalue weighted by Gasteiger charge is -2.12. The van der Waals surface area contributed by atoms with E-state index in [1.807, 2.05) is 0 Å². The molecule has 1 aliphatic carbocycles. The fraction of sp³-hybridized carbons (Fsp3) is 0.364. The molecule has 0 heterocycles. The van der Waals surface area contributed by atoms with Gasteiger partial charge in [-0.25, -0.2) is 4.39 Å². The molecule has 1 aliphatic rings. The Morgan fingerprint density at radius 3 is 2.31 bits per heavy atom. The Morgan fingerprint density at radius 2 is 1.88 bits per heavy atom. The van der Waals surface area contributed by atoms with Crippen LogP contribution in [0.5, 0.6) is 0 Å². The molecule has 84 valence electrons. The zero-order chi connectivity index (χ0) is 11.9. The molecular formula is C11H7F4N. The quantitative estimate of drug-likeness (QED) is 0.675. The topological polar surface area (TPSA) is 23.8 Å². The Bertz CT molecular complexity index is 466. The van der Waals surface area contributed by atoms with E-state index in [4.69, 9.17) is 5.26 Å². The molecule has 0 unspecified atom stereocenters. The number of benzene rings is 1. The van der Waals surface area contributed by atoms with Crippen LogP contribution in [-0.2, 0) is 6.18 Å². The Labute approximate surface area is 89.3 Å². The van der Waals surface area contributed by atoms with E-state index >= 15 is 0 Å². The second kappa shape index (κ2) is 3.48. The number of nitrogens with zero attached hydrogens (tertiary/aromatic N) is 1. The van der Waals surface area contributed by atoms with Crippen molar-refractivity contribution in [3.8, 4) is 6.07 Å². The van der Waals surface area contributed by atoms with E-state index in [0.29, 0.717) is 6.07 Å². The summed E-state index contributed by atoms with van der Waals surface area (Å²) in [5, 5.41) is 8.76. The van der Waals surface area contributed by atoms with Crippen molar-refractivity contribution in [2.45, 2.75) is 24.9 Å². The predicted octanol–water partition coefficient (Wildman–Crippen LogP) is 3.59. The van der Waals surface area contributed by atoms with Crippen molar-refractivity contribution in [1.82, 2.24) is 0 Å². The highest BCUT2D eigenvalue weighted by Gasteiger charge is 2.38. The van der Waals surface area contributed by atoms with Crippen LogP contribution in [-0.4, -0.2) is 0 Å². The van der Waals surface area contributed by atoms with Crippen LogP contribution in [0.15, 0.2) is 12.1 Å². The van der Waals surface area contributed by atoms with Crippen LogP contribution in [0, 0.1) is 17.1 Å². The second-order valence-corrected chi connectivity index (χ2v) is 3.80. The molecule has 0 aliphatic heterocycles. The maximum absolute atomic E-state index is 13.1. The van der Waals surface area contributed by atoms with Gasteiger partial charge in [-0.15, -0.1) is 0 Å². The molecule has 1 aromatic rings. The van der Waals surface area contributed by atoms with E-state index in [9.17, 15) is 17.6 Å². The molecule has 1 nitrogen and oxygen atoms in total. The number of hydrogen-bond donors (Lipinski definition) is 0. The van der Waals surface area contributed by atoms with Crippen LogP contribution < -0.4 is 0 Å². The van der Waals surface area contributed by atoms with Crippen LogP contribution in [0.25, 0.3) is 0 Å². The molecule has 16 heavy (non-hydrogen) atoms. The third-order valence-corrected chi connectivity index (χ3v) is 2.57. The molecule has 5 heteroatoms. The number of halogens is 4. The van der Waals surface area contributed by atoms with Crippen molar-refractivity contribution in [1.29, 1.82) is 5.26 Å². The van der Waals surface area contributed by atoms with Gasteiger partial charge in [-0.3, -0.25) is 0 Å². The zero-order valence-electron chi connectivity index (χ0n) is 8.11. The summed E-state index contributed by atoms with van der Waals surface area (Å²) in [6.45, 7) is 0. The largest absolute Gasteiger partial charge is 0.417 e. The summed E-state index contributed by atoms with van der Waals surface area (Å²) in [6, 6.07) is 2.95. The van der Waals surface area contributed by atoms with Gasteiger partial charge >= 0.3 is 6.18 Å². The summed E-state index contributed by atoms with van der Waals surface area (Å²) in [5.41, 5.74) is -1.41. The van der Waals surface area contributed by atoms with Crippen molar-refractivity contribution in [3.05, 3.63) is 34.6 Å². The minimum atomic E-state index is -4.68. The minimum Gasteiger partial charge on any atom is -0.207 e. The van der Waals surface area contributed by atoms with Gasteiger partial charge in [0.1, 0.15) is 11.9 Å². The van der Waals surface area contributed by atoms with E-state index in [1.165, 1.54) is 6.07 Å². The van der Waals surface area contributed by atoms with Gasteiger partial charge in [0.25, 0.3) is 0 Å². The average Bonchev–Trinajstić information content (AvgIpc) is 2.98. The van der Waals surface area contributed by atoms with Gasteiger partial charge in [-0.1, -0.05) is 0 Å². The van der Waals surface area contributed by atoms with Gasteiger partial charge in [-0.2, -0.15) is 18.4 Å². The van der Waals surface area contributed by atoms with Gasteiger partial charge < -0.3 is 0 Å². The SMILES string of the molecule is N#Cc1c(C2CC2)cc(F)cc1C(F)(F)F.